The highest BCUT2D eigenvalue weighted by molar-refractivity contribution is 5.85. The summed E-state index contributed by atoms with van der Waals surface area (Å²) in [5, 5.41) is 35.4. The number of carbonyl (C=O) groups is 1. The predicted octanol–water partition coefficient (Wildman–Crippen LogP) is 3.99. The van der Waals surface area contributed by atoms with E-state index in [1.807, 2.05) is 24.4 Å². The van der Waals surface area contributed by atoms with Crippen LogP contribution in [0.1, 0.15) is 70.3 Å². The van der Waals surface area contributed by atoms with Gasteiger partial charge in [-0.25, -0.2) is 4.79 Å². The quantitative estimate of drug-likeness (QED) is 0.360. The standard InChI is InChI=1S/C32H43NO7/c1-29-8-5-26-27(32(29,37)11-7-25(29)21-14-28(35)40-18-21)6-10-31(36)16-22(34)4-9-30(26,31)19-33-17-20-12-23(38-2)15-24(13-20)39-3/h12-15,19,22,25-27,34,36-37H,4-11,16-18H2,1-3H3/t22-,25-,26+,27-,29-,30+,31+,32-/m1/s1. The van der Waals surface area contributed by atoms with Gasteiger partial charge in [0.15, 0.2) is 0 Å². The molecule has 0 amide bonds. The van der Waals surface area contributed by atoms with Gasteiger partial charge in [-0.05, 0) is 92.4 Å². The van der Waals surface area contributed by atoms with E-state index in [2.05, 4.69) is 6.92 Å². The van der Waals surface area contributed by atoms with Crippen LogP contribution in [0.2, 0.25) is 0 Å². The molecule has 0 unspecified atom stereocenters. The molecule has 0 radical (unpaired) electrons. The van der Waals surface area contributed by atoms with Gasteiger partial charge in [0.1, 0.15) is 18.1 Å². The predicted molar refractivity (Wildman–Crippen MR) is 149 cm³/mol. The zero-order valence-electron chi connectivity index (χ0n) is 23.9. The lowest BCUT2D eigenvalue weighted by atomic mass is 9.41. The Morgan fingerprint density at radius 1 is 1.00 bits per heavy atom. The average molecular weight is 554 g/mol. The van der Waals surface area contributed by atoms with Crippen molar-refractivity contribution in [2.24, 2.45) is 33.6 Å². The first-order valence-electron chi connectivity index (χ1n) is 14.8. The van der Waals surface area contributed by atoms with Crippen molar-refractivity contribution in [3.63, 3.8) is 0 Å². The first kappa shape index (κ1) is 27.7. The molecule has 40 heavy (non-hydrogen) atoms. The molecular formula is C32H43NO7. The normalized spacial score (nSPS) is 42.5. The van der Waals surface area contributed by atoms with E-state index in [1.165, 1.54) is 0 Å². The van der Waals surface area contributed by atoms with E-state index in [1.54, 1.807) is 20.3 Å². The van der Waals surface area contributed by atoms with Gasteiger partial charge in [0, 0.05) is 35.6 Å². The second-order valence-electron chi connectivity index (χ2n) is 13.2. The fraction of sp³-hybridized carbons (Fsp3) is 0.688. The van der Waals surface area contributed by atoms with Gasteiger partial charge in [-0.15, -0.1) is 0 Å². The van der Waals surface area contributed by atoms with Gasteiger partial charge in [0.25, 0.3) is 0 Å². The summed E-state index contributed by atoms with van der Waals surface area (Å²) in [7, 11) is 3.25. The number of aliphatic imine (C=N–C) groups is 1. The number of esters is 1. The zero-order valence-corrected chi connectivity index (χ0v) is 23.9. The number of ether oxygens (including phenoxy) is 3. The maximum Gasteiger partial charge on any atom is 0.331 e. The molecule has 8 nitrogen and oxygen atoms in total. The highest BCUT2D eigenvalue weighted by Gasteiger charge is 2.71. The van der Waals surface area contributed by atoms with Crippen molar-refractivity contribution in [1.82, 2.24) is 0 Å². The molecule has 218 valence electrons. The molecule has 1 heterocycles. The van der Waals surface area contributed by atoms with Crippen LogP contribution >= 0.6 is 0 Å². The first-order chi connectivity index (χ1) is 19.1. The van der Waals surface area contributed by atoms with Crippen molar-refractivity contribution in [2.45, 2.75) is 88.6 Å². The van der Waals surface area contributed by atoms with E-state index in [4.69, 9.17) is 19.2 Å². The summed E-state index contributed by atoms with van der Waals surface area (Å²) in [5.41, 5.74) is -0.986. The largest absolute Gasteiger partial charge is 0.497 e. The number of cyclic esters (lactones) is 1. The second-order valence-corrected chi connectivity index (χ2v) is 13.2. The number of benzene rings is 1. The van der Waals surface area contributed by atoms with E-state index >= 15 is 0 Å². The molecule has 8 heteroatoms. The van der Waals surface area contributed by atoms with Crippen LogP contribution in [0.5, 0.6) is 11.5 Å². The van der Waals surface area contributed by atoms with Crippen LogP contribution in [0, 0.1) is 28.6 Å². The molecule has 0 spiro atoms. The summed E-state index contributed by atoms with van der Waals surface area (Å²) < 4.78 is 16.1. The molecule has 0 aromatic heterocycles. The molecule has 8 atom stereocenters. The topological polar surface area (TPSA) is 118 Å². The third kappa shape index (κ3) is 4.04. The van der Waals surface area contributed by atoms with E-state index < -0.39 is 22.7 Å². The van der Waals surface area contributed by atoms with Gasteiger partial charge >= 0.3 is 5.97 Å². The Balaban J connectivity index is 1.34. The molecular weight excluding hydrogens is 510 g/mol. The number of methoxy groups -OCH3 is 2. The van der Waals surface area contributed by atoms with Crippen molar-refractivity contribution >= 4 is 12.2 Å². The molecule has 1 aromatic carbocycles. The number of aliphatic hydroxyl groups is 3. The molecule has 4 aliphatic carbocycles. The SMILES string of the molecule is COc1cc(CN=C[C@]23CC[C@@H](O)C[C@@]2(O)CC[C@@H]2[C@@H]3CC[C@]3(C)[C@@H](C4=CC(=O)OC4)CC[C@@]23O)cc(OC)c1. The highest BCUT2D eigenvalue weighted by Crippen LogP contribution is 2.70. The summed E-state index contributed by atoms with van der Waals surface area (Å²) in [5.74, 6) is 1.29. The lowest BCUT2D eigenvalue weighted by Gasteiger charge is -2.65. The van der Waals surface area contributed by atoms with E-state index in [9.17, 15) is 20.1 Å². The van der Waals surface area contributed by atoms with Crippen LogP contribution in [0.15, 0.2) is 34.8 Å². The maximum atomic E-state index is 12.6. The van der Waals surface area contributed by atoms with E-state index in [0.717, 1.165) is 30.4 Å². The highest BCUT2D eigenvalue weighted by atomic mass is 16.5. The van der Waals surface area contributed by atoms with Gasteiger partial charge in [-0.2, -0.15) is 0 Å². The number of aliphatic hydroxyl groups excluding tert-OH is 1. The van der Waals surface area contributed by atoms with Crippen molar-refractivity contribution in [3.8, 4) is 11.5 Å². The van der Waals surface area contributed by atoms with Gasteiger partial charge in [0.05, 0.1) is 38.1 Å². The van der Waals surface area contributed by atoms with Crippen molar-refractivity contribution in [3.05, 3.63) is 35.4 Å². The second kappa shape index (κ2) is 9.85. The van der Waals surface area contributed by atoms with Crippen LogP contribution in [-0.4, -0.2) is 65.6 Å². The lowest BCUT2D eigenvalue weighted by Crippen LogP contribution is -2.68. The molecule has 5 aliphatic rings. The lowest BCUT2D eigenvalue weighted by molar-refractivity contribution is -0.237. The van der Waals surface area contributed by atoms with Crippen LogP contribution in [0.4, 0.5) is 0 Å². The third-order valence-corrected chi connectivity index (χ3v) is 11.6. The minimum absolute atomic E-state index is 0.00811. The Morgan fingerprint density at radius 3 is 2.40 bits per heavy atom. The molecule has 4 saturated carbocycles. The maximum absolute atomic E-state index is 12.6. The Bertz CT molecular complexity index is 1210. The number of hydrogen-bond donors (Lipinski definition) is 3. The Morgan fingerprint density at radius 2 is 1.73 bits per heavy atom. The van der Waals surface area contributed by atoms with Crippen LogP contribution in [0.25, 0.3) is 0 Å². The van der Waals surface area contributed by atoms with E-state index in [-0.39, 0.29) is 29.1 Å². The molecule has 6 rings (SSSR count). The molecule has 0 bridgehead atoms. The van der Waals surface area contributed by atoms with Crippen LogP contribution < -0.4 is 9.47 Å². The van der Waals surface area contributed by atoms with E-state index in [0.29, 0.717) is 63.2 Å². The Kier molecular flexibility index (Phi) is 6.83. The molecule has 1 aliphatic heterocycles. The Hall–Kier alpha value is -2.42. The minimum Gasteiger partial charge on any atom is -0.497 e. The summed E-state index contributed by atoms with van der Waals surface area (Å²) in [6.07, 6.45) is 9.09. The number of rotatable bonds is 6. The number of hydrogen-bond acceptors (Lipinski definition) is 8. The summed E-state index contributed by atoms with van der Waals surface area (Å²) in [6, 6.07) is 5.71. The van der Waals surface area contributed by atoms with Gasteiger partial charge in [0.2, 0.25) is 0 Å². The molecule has 1 aromatic rings. The fourth-order valence-electron chi connectivity index (χ4n) is 9.63. The fourth-order valence-corrected chi connectivity index (χ4v) is 9.63. The first-order valence-corrected chi connectivity index (χ1v) is 14.8. The Labute approximate surface area is 236 Å². The molecule has 3 N–H and O–H groups in total. The van der Waals surface area contributed by atoms with Crippen molar-refractivity contribution in [1.29, 1.82) is 0 Å². The summed E-state index contributed by atoms with van der Waals surface area (Å²) >= 11 is 0. The smallest absolute Gasteiger partial charge is 0.331 e. The number of fused-ring (bicyclic) bond motifs is 5. The zero-order chi connectivity index (χ0) is 28.3. The number of carbonyl (C=O) groups excluding carboxylic acids is 1. The third-order valence-electron chi connectivity index (χ3n) is 11.6. The summed E-state index contributed by atoms with van der Waals surface area (Å²) in [4.78, 5) is 16.8. The van der Waals surface area contributed by atoms with Gasteiger partial charge < -0.3 is 29.5 Å². The monoisotopic (exact) mass is 553 g/mol. The van der Waals surface area contributed by atoms with Crippen LogP contribution in [0.3, 0.4) is 0 Å². The van der Waals surface area contributed by atoms with Gasteiger partial charge in [-0.1, -0.05) is 6.92 Å². The number of nitrogens with zero attached hydrogens (tertiary/aromatic N) is 1. The van der Waals surface area contributed by atoms with Crippen LogP contribution in [-0.2, 0) is 16.1 Å². The molecule has 0 saturated heterocycles. The van der Waals surface area contributed by atoms with Gasteiger partial charge in [-0.3, -0.25) is 4.99 Å². The summed E-state index contributed by atoms with van der Waals surface area (Å²) in [6.45, 7) is 2.94. The average Bonchev–Trinajstić information content (AvgIpc) is 3.48. The van der Waals surface area contributed by atoms with Crippen molar-refractivity contribution in [2.75, 3.05) is 20.8 Å². The molecule has 4 fully saturated rings. The van der Waals surface area contributed by atoms with Crippen molar-refractivity contribution < 1.29 is 34.3 Å². The minimum atomic E-state index is -1.07.